The Morgan fingerprint density at radius 3 is 2.15 bits per heavy atom. The third-order valence-electron chi connectivity index (χ3n) is 4.67. The molecule has 0 spiro atoms. The Hall–Kier alpha value is -2.57. The lowest BCUT2D eigenvalue weighted by atomic mass is 10.1. The summed E-state index contributed by atoms with van der Waals surface area (Å²) >= 11 is 0. The second-order valence-corrected chi connectivity index (χ2v) is 6.60. The van der Waals surface area contributed by atoms with Gasteiger partial charge in [-0.2, -0.15) is 0 Å². The Morgan fingerprint density at radius 2 is 1.56 bits per heavy atom. The van der Waals surface area contributed by atoms with E-state index < -0.39 is 0 Å². The fraction of sp³-hybridized carbons (Fsp3) is 0.550. The molecule has 0 aromatic heterocycles. The molecule has 1 fully saturated rings. The number of aryl methyl sites for hydroxylation is 2. The first-order valence-electron chi connectivity index (χ1n) is 9.32. The van der Waals surface area contributed by atoms with Gasteiger partial charge in [0.15, 0.2) is 6.61 Å². The van der Waals surface area contributed by atoms with Crippen LogP contribution in [0.3, 0.4) is 0 Å². The number of ether oxygens (including phenoxy) is 2. The summed E-state index contributed by atoms with van der Waals surface area (Å²) in [5.74, 6) is 0.149. The van der Waals surface area contributed by atoms with Crippen molar-refractivity contribution in [2.24, 2.45) is 0 Å². The third-order valence-corrected chi connectivity index (χ3v) is 4.67. The van der Waals surface area contributed by atoms with Gasteiger partial charge < -0.3 is 19.3 Å². The number of rotatable bonds is 7. The molecule has 1 saturated heterocycles. The normalized spacial score (nSPS) is 14.0. The molecule has 1 aliphatic heterocycles. The van der Waals surface area contributed by atoms with Gasteiger partial charge in [0.25, 0.3) is 5.91 Å². The predicted molar refractivity (Wildman–Crippen MR) is 100 cm³/mol. The van der Waals surface area contributed by atoms with Crippen molar-refractivity contribution in [1.82, 2.24) is 9.80 Å². The van der Waals surface area contributed by atoms with Gasteiger partial charge in [0.2, 0.25) is 5.91 Å². The van der Waals surface area contributed by atoms with Crippen LogP contribution in [0.25, 0.3) is 0 Å². The van der Waals surface area contributed by atoms with Gasteiger partial charge in [-0.1, -0.05) is 6.07 Å². The van der Waals surface area contributed by atoms with E-state index in [4.69, 9.17) is 9.47 Å². The van der Waals surface area contributed by atoms with E-state index in [2.05, 4.69) is 0 Å². The number of esters is 1. The number of benzene rings is 1. The molecule has 0 saturated carbocycles. The summed E-state index contributed by atoms with van der Waals surface area (Å²) in [5.41, 5.74) is 2.30. The number of piperazine rings is 1. The van der Waals surface area contributed by atoms with Crippen LogP contribution in [0, 0.1) is 13.8 Å². The summed E-state index contributed by atoms with van der Waals surface area (Å²) in [5, 5.41) is 0. The average molecular weight is 376 g/mol. The molecular weight excluding hydrogens is 348 g/mol. The monoisotopic (exact) mass is 376 g/mol. The van der Waals surface area contributed by atoms with Crippen LogP contribution < -0.4 is 4.74 Å². The van der Waals surface area contributed by atoms with Gasteiger partial charge in [0.1, 0.15) is 5.75 Å². The number of carbonyl (C=O) groups excluding carboxylic acids is 3. The lowest BCUT2D eigenvalue weighted by Gasteiger charge is -2.34. The second kappa shape index (κ2) is 9.94. The average Bonchev–Trinajstić information content (AvgIpc) is 2.67. The molecule has 0 unspecified atom stereocenters. The zero-order valence-electron chi connectivity index (χ0n) is 16.3. The first-order valence-corrected chi connectivity index (χ1v) is 9.32. The van der Waals surface area contributed by atoms with E-state index >= 15 is 0 Å². The van der Waals surface area contributed by atoms with Crippen LogP contribution in [-0.2, 0) is 19.1 Å². The van der Waals surface area contributed by atoms with Gasteiger partial charge in [-0.3, -0.25) is 14.4 Å². The Labute approximate surface area is 160 Å². The summed E-state index contributed by atoms with van der Waals surface area (Å²) in [7, 11) is 0. The SMILES string of the molecule is CCOC(=O)CCC(=O)N1CCN(C(=O)COc2ccc(C)c(C)c2)CC1. The number of nitrogens with zero attached hydrogens (tertiary/aromatic N) is 2. The molecule has 0 N–H and O–H groups in total. The molecule has 27 heavy (non-hydrogen) atoms. The maximum Gasteiger partial charge on any atom is 0.306 e. The molecule has 0 radical (unpaired) electrons. The van der Waals surface area contributed by atoms with Crippen molar-refractivity contribution in [1.29, 1.82) is 0 Å². The molecule has 2 rings (SSSR count). The minimum Gasteiger partial charge on any atom is -0.484 e. The van der Waals surface area contributed by atoms with Gasteiger partial charge in [0, 0.05) is 32.6 Å². The van der Waals surface area contributed by atoms with Gasteiger partial charge >= 0.3 is 5.97 Å². The van der Waals surface area contributed by atoms with Crippen molar-refractivity contribution in [3.05, 3.63) is 29.3 Å². The van der Waals surface area contributed by atoms with E-state index in [9.17, 15) is 14.4 Å². The van der Waals surface area contributed by atoms with Crippen molar-refractivity contribution >= 4 is 17.8 Å². The van der Waals surface area contributed by atoms with Crippen molar-refractivity contribution in [3.63, 3.8) is 0 Å². The molecular formula is C20H28N2O5. The minimum absolute atomic E-state index is 0.0146. The fourth-order valence-corrected chi connectivity index (χ4v) is 2.85. The molecule has 0 atom stereocenters. The number of hydrogen-bond acceptors (Lipinski definition) is 5. The van der Waals surface area contributed by atoms with E-state index in [1.807, 2.05) is 32.0 Å². The quantitative estimate of drug-likeness (QED) is 0.677. The van der Waals surface area contributed by atoms with Crippen LogP contribution >= 0.6 is 0 Å². The highest BCUT2D eigenvalue weighted by molar-refractivity contribution is 5.82. The molecule has 0 aliphatic carbocycles. The first-order chi connectivity index (χ1) is 12.9. The summed E-state index contributed by atoms with van der Waals surface area (Å²) < 4.78 is 10.4. The second-order valence-electron chi connectivity index (χ2n) is 6.60. The van der Waals surface area contributed by atoms with Crippen molar-refractivity contribution in [3.8, 4) is 5.75 Å². The Balaban J connectivity index is 1.72. The minimum atomic E-state index is -0.358. The maximum absolute atomic E-state index is 12.3. The van der Waals surface area contributed by atoms with Gasteiger partial charge in [-0.05, 0) is 44.0 Å². The summed E-state index contributed by atoms with van der Waals surface area (Å²) in [6.07, 6.45) is 0.234. The van der Waals surface area contributed by atoms with Gasteiger partial charge in [-0.15, -0.1) is 0 Å². The van der Waals surface area contributed by atoms with E-state index in [0.717, 1.165) is 5.56 Å². The largest absolute Gasteiger partial charge is 0.484 e. The summed E-state index contributed by atoms with van der Waals surface area (Å²) in [6.45, 7) is 7.95. The molecule has 1 heterocycles. The number of hydrogen-bond donors (Lipinski definition) is 0. The zero-order valence-corrected chi connectivity index (χ0v) is 16.3. The highest BCUT2D eigenvalue weighted by Gasteiger charge is 2.24. The van der Waals surface area contributed by atoms with Gasteiger partial charge in [0.05, 0.1) is 13.0 Å². The topological polar surface area (TPSA) is 76.2 Å². The number of amides is 2. The van der Waals surface area contributed by atoms with Crippen LogP contribution in [0.5, 0.6) is 5.75 Å². The first kappa shape index (κ1) is 20.7. The van der Waals surface area contributed by atoms with Gasteiger partial charge in [-0.25, -0.2) is 0 Å². The highest BCUT2D eigenvalue weighted by atomic mass is 16.5. The lowest BCUT2D eigenvalue weighted by molar-refractivity contribution is -0.146. The van der Waals surface area contributed by atoms with Crippen molar-refractivity contribution in [2.75, 3.05) is 39.4 Å². The Morgan fingerprint density at radius 1 is 0.926 bits per heavy atom. The molecule has 7 nitrogen and oxygen atoms in total. The molecule has 2 amide bonds. The van der Waals surface area contributed by atoms with E-state index in [-0.39, 0.29) is 37.2 Å². The molecule has 148 valence electrons. The van der Waals surface area contributed by atoms with Crippen LogP contribution in [0.2, 0.25) is 0 Å². The van der Waals surface area contributed by atoms with E-state index in [1.54, 1.807) is 16.7 Å². The number of carbonyl (C=O) groups is 3. The van der Waals surface area contributed by atoms with Crippen LogP contribution in [0.1, 0.15) is 30.9 Å². The van der Waals surface area contributed by atoms with E-state index in [1.165, 1.54) is 5.56 Å². The van der Waals surface area contributed by atoms with Crippen molar-refractivity contribution < 1.29 is 23.9 Å². The van der Waals surface area contributed by atoms with E-state index in [0.29, 0.717) is 38.5 Å². The molecule has 0 bridgehead atoms. The molecule has 1 aromatic rings. The molecule has 1 aromatic carbocycles. The Kier molecular flexibility index (Phi) is 7.64. The molecule has 1 aliphatic rings. The summed E-state index contributed by atoms with van der Waals surface area (Å²) in [6, 6.07) is 5.74. The Bertz CT molecular complexity index is 681. The molecule has 7 heteroatoms. The van der Waals surface area contributed by atoms with Crippen LogP contribution in [-0.4, -0.2) is 67.0 Å². The maximum atomic E-state index is 12.3. The highest BCUT2D eigenvalue weighted by Crippen LogP contribution is 2.16. The smallest absolute Gasteiger partial charge is 0.306 e. The standard InChI is InChI=1S/C20H28N2O5/c1-4-26-20(25)8-7-18(23)21-9-11-22(12-10-21)19(24)14-27-17-6-5-15(2)16(3)13-17/h5-6,13H,4,7-12,14H2,1-3H3. The zero-order chi connectivity index (χ0) is 19.8. The lowest BCUT2D eigenvalue weighted by Crippen LogP contribution is -2.51. The fourth-order valence-electron chi connectivity index (χ4n) is 2.85. The third kappa shape index (κ3) is 6.27. The van der Waals surface area contributed by atoms with Crippen LogP contribution in [0.4, 0.5) is 0 Å². The van der Waals surface area contributed by atoms with Crippen LogP contribution in [0.15, 0.2) is 18.2 Å². The summed E-state index contributed by atoms with van der Waals surface area (Å²) in [4.78, 5) is 39.2. The predicted octanol–water partition coefficient (Wildman–Crippen LogP) is 1.70. The van der Waals surface area contributed by atoms with Crippen molar-refractivity contribution in [2.45, 2.75) is 33.6 Å².